The van der Waals surface area contributed by atoms with Crippen molar-refractivity contribution in [3.8, 4) is 17.6 Å². The Morgan fingerprint density at radius 2 is 1.67 bits per heavy atom. The number of benzene rings is 2. The lowest BCUT2D eigenvalue weighted by atomic mass is 10.1. The number of ether oxygens (including phenoxy) is 1. The summed E-state index contributed by atoms with van der Waals surface area (Å²) in [5.41, 5.74) is -0.0572. The van der Waals surface area contributed by atoms with Crippen molar-refractivity contribution in [1.82, 2.24) is 0 Å². The molecule has 0 amide bonds. The molecule has 0 aliphatic heterocycles. The molecule has 2 aromatic carbocycles. The van der Waals surface area contributed by atoms with Crippen LogP contribution in [-0.2, 0) is 0 Å². The van der Waals surface area contributed by atoms with Crippen LogP contribution in [0.25, 0.3) is 10.8 Å². The maximum atomic E-state index is 9.69. The van der Waals surface area contributed by atoms with E-state index in [0.717, 1.165) is 35.1 Å². The van der Waals surface area contributed by atoms with Gasteiger partial charge >= 0.3 is 0 Å². The third-order valence-electron chi connectivity index (χ3n) is 3.84. The topological polar surface area (TPSA) is 29.5 Å². The van der Waals surface area contributed by atoms with Gasteiger partial charge in [0.05, 0.1) is 6.61 Å². The highest BCUT2D eigenvalue weighted by Crippen LogP contribution is 2.22. The maximum absolute atomic E-state index is 9.69. The Kier molecular flexibility index (Phi) is 6.70. The van der Waals surface area contributed by atoms with E-state index in [1.165, 1.54) is 25.7 Å². The number of rotatable bonds is 7. The van der Waals surface area contributed by atoms with Crippen molar-refractivity contribution < 1.29 is 9.84 Å². The highest BCUT2D eigenvalue weighted by Gasteiger charge is 2.06. The molecular formula is C22H28O2. The average Bonchev–Trinajstić information content (AvgIpc) is 2.55. The summed E-state index contributed by atoms with van der Waals surface area (Å²) >= 11 is 0. The molecule has 0 fully saturated rings. The maximum Gasteiger partial charge on any atom is 0.120 e. The highest BCUT2D eigenvalue weighted by molar-refractivity contribution is 5.85. The van der Waals surface area contributed by atoms with Gasteiger partial charge in [0.1, 0.15) is 11.4 Å². The molecule has 2 rings (SSSR count). The predicted molar refractivity (Wildman–Crippen MR) is 101 cm³/mol. The zero-order valence-electron chi connectivity index (χ0n) is 15.1. The van der Waals surface area contributed by atoms with Crippen LogP contribution in [0.15, 0.2) is 36.4 Å². The number of unbranched alkanes of at least 4 members (excludes halogenated alkanes) is 4. The van der Waals surface area contributed by atoms with E-state index in [4.69, 9.17) is 4.74 Å². The van der Waals surface area contributed by atoms with Gasteiger partial charge in [-0.25, -0.2) is 0 Å². The van der Waals surface area contributed by atoms with E-state index in [2.05, 4.69) is 37.0 Å². The van der Waals surface area contributed by atoms with Crippen LogP contribution in [0, 0.1) is 11.8 Å². The first kappa shape index (κ1) is 18.4. The van der Waals surface area contributed by atoms with Gasteiger partial charge in [-0.2, -0.15) is 0 Å². The van der Waals surface area contributed by atoms with Crippen LogP contribution in [0.5, 0.6) is 5.75 Å². The predicted octanol–water partition coefficient (Wildman–Crippen LogP) is 5.31. The third-order valence-corrected chi connectivity index (χ3v) is 3.84. The Morgan fingerprint density at radius 3 is 2.42 bits per heavy atom. The van der Waals surface area contributed by atoms with Crippen LogP contribution in [0.3, 0.4) is 0 Å². The van der Waals surface area contributed by atoms with Crippen LogP contribution in [0.4, 0.5) is 0 Å². The van der Waals surface area contributed by atoms with Crippen molar-refractivity contribution in [3.63, 3.8) is 0 Å². The van der Waals surface area contributed by atoms with Gasteiger partial charge in [-0.1, -0.05) is 56.6 Å². The second kappa shape index (κ2) is 8.76. The van der Waals surface area contributed by atoms with Crippen molar-refractivity contribution in [1.29, 1.82) is 0 Å². The van der Waals surface area contributed by atoms with Crippen molar-refractivity contribution >= 4 is 10.8 Å². The molecule has 2 heteroatoms. The second-order valence-corrected chi connectivity index (χ2v) is 6.80. The molecule has 1 N–H and O–H groups in total. The summed E-state index contributed by atoms with van der Waals surface area (Å²) in [5.74, 6) is 6.79. The molecule has 0 atom stereocenters. The average molecular weight is 324 g/mol. The van der Waals surface area contributed by atoms with Crippen LogP contribution >= 0.6 is 0 Å². The van der Waals surface area contributed by atoms with Gasteiger partial charge in [0.25, 0.3) is 0 Å². The number of hydrogen-bond donors (Lipinski definition) is 1. The summed E-state index contributed by atoms with van der Waals surface area (Å²) in [6, 6.07) is 12.2. The monoisotopic (exact) mass is 324 g/mol. The molecule has 128 valence electrons. The van der Waals surface area contributed by atoms with Gasteiger partial charge < -0.3 is 9.84 Å². The van der Waals surface area contributed by atoms with Gasteiger partial charge in [-0.15, -0.1) is 0 Å². The van der Waals surface area contributed by atoms with Crippen LogP contribution < -0.4 is 4.74 Å². The highest BCUT2D eigenvalue weighted by atomic mass is 16.5. The molecule has 0 aromatic heterocycles. The SMILES string of the molecule is CCCCCCCOc1ccc2cc(C#CC(C)(C)O)ccc2c1. The fourth-order valence-electron chi connectivity index (χ4n) is 2.51. The molecule has 24 heavy (non-hydrogen) atoms. The van der Waals surface area contributed by atoms with E-state index in [-0.39, 0.29) is 0 Å². The molecule has 2 aromatic rings. The van der Waals surface area contributed by atoms with E-state index in [1.807, 2.05) is 18.2 Å². The van der Waals surface area contributed by atoms with E-state index in [1.54, 1.807) is 13.8 Å². The summed E-state index contributed by atoms with van der Waals surface area (Å²) in [6.07, 6.45) is 6.24. The van der Waals surface area contributed by atoms with Crippen LogP contribution in [0.1, 0.15) is 58.4 Å². The normalized spacial score (nSPS) is 11.2. The van der Waals surface area contributed by atoms with Crippen molar-refractivity contribution in [2.45, 2.75) is 58.5 Å². The minimum Gasteiger partial charge on any atom is -0.494 e. The first-order valence-electron chi connectivity index (χ1n) is 8.90. The number of hydrogen-bond acceptors (Lipinski definition) is 2. The summed E-state index contributed by atoms with van der Waals surface area (Å²) in [4.78, 5) is 0. The van der Waals surface area contributed by atoms with Crippen molar-refractivity contribution in [2.75, 3.05) is 6.61 Å². The molecule has 0 heterocycles. The lowest BCUT2D eigenvalue weighted by Gasteiger charge is -2.08. The lowest BCUT2D eigenvalue weighted by molar-refractivity contribution is 0.143. The zero-order valence-corrected chi connectivity index (χ0v) is 15.1. The first-order chi connectivity index (χ1) is 11.5. The van der Waals surface area contributed by atoms with Gasteiger partial charge in [0.15, 0.2) is 0 Å². The third kappa shape index (κ3) is 6.26. The van der Waals surface area contributed by atoms with E-state index >= 15 is 0 Å². The summed E-state index contributed by atoms with van der Waals surface area (Å²) < 4.78 is 5.86. The molecule has 0 aliphatic rings. The Morgan fingerprint density at radius 1 is 0.958 bits per heavy atom. The van der Waals surface area contributed by atoms with Gasteiger partial charge in [0.2, 0.25) is 0 Å². The van der Waals surface area contributed by atoms with Crippen LogP contribution in [-0.4, -0.2) is 17.3 Å². The van der Waals surface area contributed by atoms with Crippen molar-refractivity contribution in [2.24, 2.45) is 0 Å². The van der Waals surface area contributed by atoms with Gasteiger partial charge in [0, 0.05) is 5.56 Å². The number of aliphatic hydroxyl groups is 1. The molecule has 0 saturated carbocycles. The fraction of sp³-hybridized carbons (Fsp3) is 0.455. The smallest absolute Gasteiger partial charge is 0.120 e. The summed E-state index contributed by atoms with van der Waals surface area (Å²) in [5, 5.41) is 12.0. The Labute approximate surface area is 145 Å². The molecule has 0 aliphatic carbocycles. The van der Waals surface area contributed by atoms with E-state index < -0.39 is 5.60 Å². The fourth-order valence-corrected chi connectivity index (χ4v) is 2.51. The van der Waals surface area contributed by atoms with Gasteiger partial charge in [-0.05, 0) is 55.3 Å². The lowest BCUT2D eigenvalue weighted by Crippen LogP contribution is -2.14. The molecule has 2 nitrogen and oxygen atoms in total. The summed E-state index contributed by atoms with van der Waals surface area (Å²) in [7, 11) is 0. The minimum absolute atomic E-state index is 0.782. The summed E-state index contributed by atoms with van der Waals surface area (Å²) in [6.45, 7) is 6.39. The Bertz CT molecular complexity index is 714. The van der Waals surface area contributed by atoms with Crippen LogP contribution in [0.2, 0.25) is 0 Å². The second-order valence-electron chi connectivity index (χ2n) is 6.80. The first-order valence-corrected chi connectivity index (χ1v) is 8.90. The van der Waals surface area contributed by atoms with E-state index in [0.29, 0.717) is 0 Å². The van der Waals surface area contributed by atoms with Crippen molar-refractivity contribution in [3.05, 3.63) is 42.0 Å². The molecule has 0 radical (unpaired) electrons. The number of fused-ring (bicyclic) bond motifs is 1. The Balaban J connectivity index is 1.97. The zero-order chi connectivity index (χ0) is 17.4. The standard InChI is InChI=1S/C22H28O2/c1-4-5-6-7-8-15-24-21-12-11-19-16-18(9-10-20(19)17-21)13-14-22(2,3)23/h9-12,16-17,23H,4-8,15H2,1-3H3. The molecular weight excluding hydrogens is 296 g/mol. The molecule has 0 bridgehead atoms. The minimum atomic E-state index is -0.968. The molecule has 0 unspecified atom stereocenters. The molecule has 0 spiro atoms. The largest absolute Gasteiger partial charge is 0.494 e. The van der Waals surface area contributed by atoms with Gasteiger partial charge in [-0.3, -0.25) is 0 Å². The van der Waals surface area contributed by atoms with E-state index in [9.17, 15) is 5.11 Å². The quantitative estimate of drug-likeness (QED) is 0.552. The molecule has 0 saturated heterocycles. The Hall–Kier alpha value is -1.98.